The fraction of sp³-hybridized carbons (Fsp3) is 0.273. The standard InChI is InChI=1S/C11H14O/c1-4-9(2)10-6-5-7-11(8-10)12-3/h4-9H,1H2,2-3H3/t9-/m1/s1. The molecule has 1 nitrogen and oxygen atoms in total. The normalized spacial score (nSPS) is 12.2. The van der Waals surface area contributed by atoms with E-state index in [0.29, 0.717) is 5.92 Å². The lowest BCUT2D eigenvalue weighted by Gasteiger charge is -2.07. The number of methoxy groups -OCH3 is 1. The molecule has 0 aliphatic rings. The van der Waals surface area contributed by atoms with Crippen LogP contribution in [-0.2, 0) is 0 Å². The number of ether oxygens (including phenoxy) is 1. The first-order valence-corrected chi connectivity index (χ1v) is 4.04. The molecule has 0 bridgehead atoms. The molecule has 0 fully saturated rings. The van der Waals surface area contributed by atoms with Gasteiger partial charge in [-0.1, -0.05) is 25.1 Å². The molecule has 0 amide bonds. The highest BCUT2D eigenvalue weighted by atomic mass is 16.5. The fourth-order valence-electron chi connectivity index (χ4n) is 1.06. The second kappa shape index (κ2) is 3.96. The van der Waals surface area contributed by atoms with Gasteiger partial charge < -0.3 is 4.74 Å². The summed E-state index contributed by atoms with van der Waals surface area (Å²) in [5.74, 6) is 1.29. The Bertz CT molecular complexity index is 265. The van der Waals surface area contributed by atoms with Gasteiger partial charge in [0.25, 0.3) is 0 Å². The first-order chi connectivity index (χ1) is 5.77. The van der Waals surface area contributed by atoms with E-state index in [1.54, 1.807) is 7.11 Å². The monoisotopic (exact) mass is 162 g/mol. The zero-order valence-electron chi connectivity index (χ0n) is 7.58. The number of rotatable bonds is 3. The lowest BCUT2D eigenvalue weighted by Crippen LogP contribution is -1.89. The van der Waals surface area contributed by atoms with Gasteiger partial charge in [-0.05, 0) is 23.6 Å². The lowest BCUT2D eigenvalue weighted by molar-refractivity contribution is 0.414. The Morgan fingerprint density at radius 2 is 2.25 bits per heavy atom. The highest BCUT2D eigenvalue weighted by Crippen LogP contribution is 2.20. The fourth-order valence-corrected chi connectivity index (χ4v) is 1.06. The molecular formula is C11H14O. The molecule has 12 heavy (non-hydrogen) atoms. The van der Waals surface area contributed by atoms with Crippen LogP contribution in [0.5, 0.6) is 5.75 Å². The van der Waals surface area contributed by atoms with Crippen LogP contribution in [0.3, 0.4) is 0 Å². The number of allylic oxidation sites excluding steroid dienone is 1. The average Bonchev–Trinajstić information content (AvgIpc) is 2.17. The molecule has 0 aliphatic heterocycles. The topological polar surface area (TPSA) is 9.23 Å². The summed E-state index contributed by atoms with van der Waals surface area (Å²) >= 11 is 0. The molecular weight excluding hydrogens is 148 g/mol. The zero-order chi connectivity index (χ0) is 8.97. The molecule has 1 heteroatoms. The van der Waals surface area contributed by atoms with Gasteiger partial charge in [0, 0.05) is 0 Å². The van der Waals surface area contributed by atoms with Crippen LogP contribution < -0.4 is 4.74 Å². The molecule has 1 atom stereocenters. The van der Waals surface area contributed by atoms with Crippen LogP contribution in [0.25, 0.3) is 0 Å². The Morgan fingerprint density at radius 1 is 1.50 bits per heavy atom. The number of hydrogen-bond donors (Lipinski definition) is 0. The van der Waals surface area contributed by atoms with E-state index in [0.717, 1.165) is 5.75 Å². The Balaban J connectivity index is 2.93. The van der Waals surface area contributed by atoms with Crippen molar-refractivity contribution >= 4 is 0 Å². The van der Waals surface area contributed by atoms with Gasteiger partial charge in [-0.3, -0.25) is 0 Å². The smallest absolute Gasteiger partial charge is 0.119 e. The minimum absolute atomic E-state index is 0.389. The Kier molecular flexibility index (Phi) is 2.92. The van der Waals surface area contributed by atoms with Gasteiger partial charge in [0.2, 0.25) is 0 Å². The molecule has 1 aromatic carbocycles. The lowest BCUT2D eigenvalue weighted by atomic mass is 10.0. The van der Waals surface area contributed by atoms with E-state index in [-0.39, 0.29) is 0 Å². The minimum atomic E-state index is 0.389. The Hall–Kier alpha value is -1.24. The molecule has 0 radical (unpaired) electrons. The maximum Gasteiger partial charge on any atom is 0.119 e. The molecule has 0 spiro atoms. The van der Waals surface area contributed by atoms with E-state index in [4.69, 9.17) is 4.74 Å². The predicted molar refractivity (Wildman–Crippen MR) is 51.6 cm³/mol. The summed E-state index contributed by atoms with van der Waals surface area (Å²) in [4.78, 5) is 0. The van der Waals surface area contributed by atoms with E-state index in [2.05, 4.69) is 19.6 Å². The van der Waals surface area contributed by atoms with E-state index in [9.17, 15) is 0 Å². The summed E-state index contributed by atoms with van der Waals surface area (Å²) in [6, 6.07) is 8.05. The summed E-state index contributed by atoms with van der Waals surface area (Å²) in [7, 11) is 1.68. The Morgan fingerprint density at radius 3 is 2.83 bits per heavy atom. The molecule has 0 saturated heterocycles. The van der Waals surface area contributed by atoms with Crippen molar-refractivity contribution in [2.75, 3.05) is 7.11 Å². The van der Waals surface area contributed by atoms with E-state index in [1.807, 2.05) is 24.3 Å². The van der Waals surface area contributed by atoms with Crippen LogP contribution >= 0.6 is 0 Å². The Labute approximate surface area is 73.7 Å². The van der Waals surface area contributed by atoms with Crippen LogP contribution in [0, 0.1) is 0 Å². The molecule has 0 aromatic heterocycles. The molecule has 0 aliphatic carbocycles. The largest absolute Gasteiger partial charge is 0.497 e. The minimum Gasteiger partial charge on any atom is -0.497 e. The quantitative estimate of drug-likeness (QED) is 0.621. The van der Waals surface area contributed by atoms with Crippen molar-refractivity contribution in [3.63, 3.8) is 0 Å². The van der Waals surface area contributed by atoms with E-state index in [1.165, 1.54) is 5.56 Å². The molecule has 1 aromatic rings. The molecule has 0 heterocycles. The summed E-state index contributed by atoms with van der Waals surface area (Å²) in [6.07, 6.45) is 1.93. The van der Waals surface area contributed by atoms with Crippen LogP contribution in [-0.4, -0.2) is 7.11 Å². The first-order valence-electron chi connectivity index (χ1n) is 4.04. The van der Waals surface area contributed by atoms with Crippen LogP contribution in [0.2, 0.25) is 0 Å². The van der Waals surface area contributed by atoms with Crippen molar-refractivity contribution in [2.24, 2.45) is 0 Å². The summed E-state index contributed by atoms with van der Waals surface area (Å²) in [6.45, 7) is 5.86. The molecule has 1 rings (SSSR count). The van der Waals surface area contributed by atoms with Gasteiger partial charge in [-0.25, -0.2) is 0 Å². The van der Waals surface area contributed by atoms with Gasteiger partial charge in [0.1, 0.15) is 5.75 Å². The maximum atomic E-state index is 5.12. The van der Waals surface area contributed by atoms with Crippen molar-refractivity contribution in [1.29, 1.82) is 0 Å². The second-order valence-electron chi connectivity index (χ2n) is 2.80. The van der Waals surface area contributed by atoms with Gasteiger partial charge in [0.05, 0.1) is 7.11 Å². The second-order valence-corrected chi connectivity index (χ2v) is 2.80. The first kappa shape index (κ1) is 8.85. The molecule has 64 valence electrons. The third kappa shape index (κ3) is 1.88. The third-order valence-electron chi connectivity index (χ3n) is 1.97. The third-order valence-corrected chi connectivity index (χ3v) is 1.97. The van der Waals surface area contributed by atoms with Gasteiger partial charge in [-0.15, -0.1) is 6.58 Å². The SMILES string of the molecule is C=C[C@@H](C)c1cccc(OC)c1. The zero-order valence-corrected chi connectivity index (χ0v) is 7.58. The average molecular weight is 162 g/mol. The summed E-state index contributed by atoms with van der Waals surface area (Å²) < 4.78 is 5.12. The molecule has 0 unspecified atom stereocenters. The molecule has 0 N–H and O–H groups in total. The number of hydrogen-bond acceptors (Lipinski definition) is 1. The van der Waals surface area contributed by atoms with Crippen molar-refractivity contribution in [3.05, 3.63) is 42.5 Å². The van der Waals surface area contributed by atoms with E-state index >= 15 is 0 Å². The van der Waals surface area contributed by atoms with Gasteiger partial charge >= 0.3 is 0 Å². The van der Waals surface area contributed by atoms with E-state index < -0.39 is 0 Å². The van der Waals surface area contributed by atoms with Crippen molar-refractivity contribution in [2.45, 2.75) is 12.8 Å². The summed E-state index contributed by atoms with van der Waals surface area (Å²) in [5, 5.41) is 0. The van der Waals surface area contributed by atoms with Crippen molar-refractivity contribution in [3.8, 4) is 5.75 Å². The predicted octanol–water partition coefficient (Wildman–Crippen LogP) is 2.98. The van der Waals surface area contributed by atoms with Crippen LogP contribution in [0.4, 0.5) is 0 Å². The maximum absolute atomic E-state index is 5.12. The van der Waals surface area contributed by atoms with Crippen LogP contribution in [0.15, 0.2) is 36.9 Å². The van der Waals surface area contributed by atoms with Crippen molar-refractivity contribution < 1.29 is 4.74 Å². The highest BCUT2D eigenvalue weighted by Gasteiger charge is 2.00. The summed E-state index contributed by atoms with van der Waals surface area (Å²) in [5.41, 5.74) is 1.24. The van der Waals surface area contributed by atoms with Gasteiger partial charge in [0.15, 0.2) is 0 Å². The number of benzene rings is 1. The highest BCUT2D eigenvalue weighted by molar-refractivity contribution is 5.31. The van der Waals surface area contributed by atoms with Crippen LogP contribution in [0.1, 0.15) is 18.4 Å². The van der Waals surface area contributed by atoms with Gasteiger partial charge in [-0.2, -0.15) is 0 Å². The van der Waals surface area contributed by atoms with Crippen molar-refractivity contribution in [1.82, 2.24) is 0 Å². The molecule has 0 saturated carbocycles.